The standard InChI is InChI=1S/C12H18N4O2/c1-8-6-16(7-9(2)18-8)12(17)10-4-14-5-11(13-3)15-10/h4-5,8-9H,6-7H2,1-3H3,(H,13,15). The van der Waals surface area contributed by atoms with E-state index in [2.05, 4.69) is 15.3 Å². The molecule has 2 rings (SSSR count). The Kier molecular flexibility index (Phi) is 3.76. The second-order valence-corrected chi connectivity index (χ2v) is 4.51. The second kappa shape index (κ2) is 5.30. The molecule has 1 aliphatic rings. The van der Waals surface area contributed by atoms with Crippen molar-refractivity contribution in [3.63, 3.8) is 0 Å². The zero-order chi connectivity index (χ0) is 13.1. The molecule has 1 aromatic heterocycles. The molecule has 1 aliphatic heterocycles. The lowest BCUT2D eigenvalue weighted by molar-refractivity contribution is -0.0587. The van der Waals surface area contributed by atoms with E-state index in [0.29, 0.717) is 24.6 Å². The van der Waals surface area contributed by atoms with Crippen LogP contribution < -0.4 is 5.32 Å². The van der Waals surface area contributed by atoms with E-state index < -0.39 is 0 Å². The van der Waals surface area contributed by atoms with Gasteiger partial charge in [0.15, 0.2) is 0 Å². The van der Waals surface area contributed by atoms with Crippen LogP contribution in [0.5, 0.6) is 0 Å². The average Bonchev–Trinajstić information content (AvgIpc) is 2.37. The van der Waals surface area contributed by atoms with Crippen LogP contribution in [0.4, 0.5) is 5.82 Å². The minimum Gasteiger partial charge on any atom is -0.372 e. The maximum atomic E-state index is 12.3. The van der Waals surface area contributed by atoms with Gasteiger partial charge in [0.1, 0.15) is 11.5 Å². The summed E-state index contributed by atoms with van der Waals surface area (Å²) in [6, 6.07) is 0. The molecule has 0 radical (unpaired) electrons. The predicted octanol–water partition coefficient (Wildman–Crippen LogP) is 0.768. The SMILES string of the molecule is CNc1cncc(C(=O)N2CC(C)OC(C)C2)n1. The van der Waals surface area contributed by atoms with E-state index in [1.54, 1.807) is 18.1 Å². The highest BCUT2D eigenvalue weighted by molar-refractivity contribution is 5.92. The highest BCUT2D eigenvalue weighted by Gasteiger charge is 2.27. The molecule has 98 valence electrons. The molecule has 1 fully saturated rings. The van der Waals surface area contributed by atoms with Crippen molar-refractivity contribution in [1.29, 1.82) is 0 Å². The molecular formula is C12H18N4O2. The lowest BCUT2D eigenvalue weighted by Gasteiger charge is -2.35. The Morgan fingerprint density at radius 3 is 2.67 bits per heavy atom. The van der Waals surface area contributed by atoms with E-state index in [4.69, 9.17) is 4.74 Å². The van der Waals surface area contributed by atoms with Gasteiger partial charge in [0.05, 0.1) is 24.6 Å². The number of anilines is 1. The molecule has 2 heterocycles. The Labute approximate surface area is 106 Å². The van der Waals surface area contributed by atoms with Gasteiger partial charge in [-0.3, -0.25) is 9.78 Å². The Balaban J connectivity index is 2.14. The lowest BCUT2D eigenvalue weighted by atomic mass is 10.2. The van der Waals surface area contributed by atoms with E-state index in [9.17, 15) is 4.79 Å². The average molecular weight is 250 g/mol. The number of rotatable bonds is 2. The van der Waals surface area contributed by atoms with Crippen molar-refractivity contribution >= 4 is 11.7 Å². The minimum atomic E-state index is -0.0957. The molecule has 1 amide bonds. The summed E-state index contributed by atoms with van der Waals surface area (Å²) >= 11 is 0. The first-order valence-electron chi connectivity index (χ1n) is 6.04. The van der Waals surface area contributed by atoms with Crippen molar-refractivity contribution < 1.29 is 9.53 Å². The number of nitrogens with one attached hydrogen (secondary N) is 1. The summed E-state index contributed by atoms with van der Waals surface area (Å²) in [7, 11) is 1.75. The third kappa shape index (κ3) is 2.76. The second-order valence-electron chi connectivity index (χ2n) is 4.51. The summed E-state index contributed by atoms with van der Waals surface area (Å²) < 4.78 is 5.61. The van der Waals surface area contributed by atoms with Crippen molar-refractivity contribution in [3.05, 3.63) is 18.1 Å². The molecule has 1 aromatic rings. The molecule has 6 nitrogen and oxygen atoms in total. The number of morpholine rings is 1. The third-order valence-corrected chi connectivity index (χ3v) is 2.82. The van der Waals surface area contributed by atoms with Crippen LogP contribution in [0.15, 0.2) is 12.4 Å². The van der Waals surface area contributed by atoms with Gasteiger partial charge in [-0.15, -0.1) is 0 Å². The van der Waals surface area contributed by atoms with Gasteiger partial charge in [-0.1, -0.05) is 0 Å². The van der Waals surface area contributed by atoms with E-state index in [1.165, 1.54) is 6.20 Å². The Bertz CT molecular complexity index is 428. The molecule has 1 N–H and O–H groups in total. The number of hydrogen-bond donors (Lipinski definition) is 1. The normalized spacial score (nSPS) is 23.8. The van der Waals surface area contributed by atoms with Gasteiger partial charge in [0.2, 0.25) is 0 Å². The van der Waals surface area contributed by atoms with Crippen LogP contribution in [0.3, 0.4) is 0 Å². The Morgan fingerprint density at radius 1 is 1.39 bits per heavy atom. The molecule has 2 unspecified atom stereocenters. The highest BCUT2D eigenvalue weighted by atomic mass is 16.5. The van der Waals surface area contributed by atoms with Gasteiger partial charge in [-0.25, -0.2) is 4.98 Å². The topological polar surface area (TPSA) is 67.4 Å². The van der Waals surface area contributed by atoms with Crippen LogP contribution in [0.1, 0.15) is 24.3 Å². The van der Waals surface area contributed by atoms with Crippen LogP contribution in [0.2, 0.25) is 0 Å². The number of aromatic nitrogens is 2. The van der Waals surface area contributed by atoms with E-state index in [-0.39, 0.29) is 18.1 Å². The number of carbonyl (C=O) groups is 1. The summed E-state index contributed by atoms with van der Waals surface area (Å²) in [5, 5.41) is 2.87. The zero-order valence-corrected chi connectivity index (χ0v) is 10.9. The monoisotopic (exact) mass is 250 g/mol. The summed E-state index contributed by atoms with van der Waals surface area (Å²) in [4.78, 5) is 22.3. The molecule has 1 saturated heterocycles. The largest absolute Gasteiger partial charge is 0.372 e. The molecule has 2 atom stereocenters. The molecule has 0 aromatic carbocycles. The minimum absolute atomic E-state index is 0.0538. The van der Waals surface area contributed by atoms with Crippen LogP contribution in [-0.4, -0.2) is 53.1 Å². The third-order valence-electron chi connectivity index (χ3n) is 2.82. The van der Waals surface area contributed by atoms with Crippen molar-refractivity contribution in [3.8, 4) is 0 Å². The number of amides is 1. The number of carbonyl (C=O) groups excluding carboxylic acids is 1. The van der Waals surface area contributed by atoms with Crippen molar-refractivity contribution in [2.75, 3.05) is 25.5 Å². The van der Waals surface area contributed by atoms with Crippen molar-refractivity contribution in [2.24, 2.45) is 0 Å². The van der Waals surface area contributed by atoms with E-state index in [1.807, 2.05) is 13.8 Å². The number of nitrogens with zero attached hydrogens (tertiary/aromatic N) is 3. The van der Waals surface area contributed by atoms with Crippen LogP contribution >= 0.6 is 0 Å². The first kappa shape index (κ1) is 12.8. The van der Waals surface area contributed by atoms with Crippen LogP contribution in [0.25, 0.3) is 0 Å². The van der Waals surface area contributed by atoms with Gasteiger partial charge in [-0.2, -0.15) is 0 Å². The molecule has 6 heteroatoms. The van der Waals surface area contributed by atoms with Gasteiger partial charge < -0.3 is 15.0 Å². The van der Waals surface area contributed by atoms with E-state index in [0.717, 1.165) is 0 Å². The fourth-order valence-electron chi connectivity index (χ4n) is 2.10. The van der Waals surface area contributed by atoms with E-state index >= 15 is 0 Å². The number of ether oxygens (including phenoxy) is 1. The quantitative estimate of drug-likeness (QED) is 0.839. The smallest absolute Gasteiger partial charge is 0.274 e. The molecule has 0 saturated carbocycles. The van der Waals surface area contributed by atoms with Gasteiger partial charge in [0, 0.05) is 20.1 Å². The van der Waals surface area contributed by atoms with Crippen LogP contribution in [0, 0.1) is 0 Å². The first-order valence-corrected chi connectivity index (χ1v) is 6.04. The highest BCUT2D eigenvalue weighted by Crippen LogP contribution is 2.13. The van der Waals surface area contributed by atoms with Gasteiger partial charge in [-0.05, 0) is 13.8 Å². The molecule has 18 heavy (non-hydrogen) atoms. The first-order chi connectivity index (χ1) is 8.60. The van der Waals surface area contributed by atoms with Crippen molar-refractivity contribution in [1.82, 2.24) is 14.9 Å². The van der Waals surface area contributed by atoms with Crippen LogP contribution in [-0.2, 0) is 4.74 Å². The fraction of sp³-hybridized carbons (Fsp3) is 0.583. The molecule has 0 aliphatic carbocycles. The molecule has 0 spiro atoms. The summed E-state index contributed by atoms with van der Waals surface area (Å²) in [5.41, 5.74) is 0.364. The zero-order valence-electron chi connectivity index (χ0n) is 10.9. The fourth-order valence-corrected chi connectivity index (χ4v) is 2.10. The Morgan fingerprint density at radius 2 is 2.06 bits per heavy atom. The maximum Gasteiger partial charge on any atom is 0.274 e. The Hall–Kier alpha value is -1.69. The summed E-state index contributed by atoms with van der Waals surface area (Å²) in [5.74, 6) is 0.497. The van der Waals surface area contributed by atoms with Gasteiger partial charge in [0.25, 0.3) is 5.91 Å². The maximum absolute atomic E-state index is 12.3. The lowest BCUT2D eigenvalue weighted by Crippen LogP contribution is -2.48. The van der Waals surface area contributed by atoms with Crippen molar-refractivity contribution in [2.45, 2.75) is 26.1 Å². The molecule has 0 bridgehead atoms. The summed E-state index contributed by atoms with van der Waals surface area (Å²) in [6.07, 6.45) is 3.19. The van der Waals surface area contributed by atoms with Gasteiger partial charge >= 0.3 is 0 Å². The number of hydrogen-bond acceptors (Lipinski definition) is 5. The molecular weight excluding hydrogens is 232 g/mol. The predicted molar refractivity (Wildman–Crippen MR) is 67.5 cm³/mol. The summed E-state index contributed by atoms with van der Waals surface area (Å²) in [6.45, 7) is 5.11.